The fourth-order valence-electron chi connectivity index (χ4n) is 1.54. The summed E-state index contributed by atoms with van der Waals surface area (Å²) in [5, 5.41) is 7.74. The van der Waals surface area contributed by atoms with E-state index in [1.165, 1.54) is 4.31 Å². The molecule has 1 aliphatic rings. The molecular formula is C9H14N2O3S. The Bertz CT molecular complexity index is 373. The molecule has 1 aliphatic heterocycles. The fourth-order valence-corrected chi connectivity index (χ4v) is 3.14. The quantitative estimate of drug-likeness (QED) is 0.697. The van der Waals surface area contributed by atoms with Gasteiger partial charge in [0, 0.05) is 25.9 Å². The molecule has 15 heavy (non-hydrogen) atoms. The smallest absolute Gasteiger partial charge is 0.230 e. The number of nitrogens with zero attached hydrogens (tertiary/aromatic N) is 2. The van der Waals surface area contributed by atoms with Crippen LogP contribution in [0.15, 0.2) is 0 Å². The number of rotatable bonds is 3. The molecule has 0 aromatic rings. The summed E-state index contributed by atoms with van der Waals surface area (Å²) in [6, 6.07) is 1.79. The lowest BCUT2D eigenvalue weighted by atomic mass is 10.1. The Kier molecular flexibility index (Phi) is 3.83. The highest BCUT2D eigenvalue weighted by molar-refractivity contribution is 7.90. The molecule has 0 aromatic heterocycles. The van der Waals surface area contributed by atoms with Crippen LogP contribution in [0.3, 0.4) is 0 Å². The van der Waals surface area contributed by atoms with Crippen LogP contribution >= 0.6 is 0 Å². The first-order valence-corrected chi connectivity index (χ1v) is 6.43. The highest BCUT2D eigenvalue weighted by Crippen LogP contribution is 2.16. The van der Waals surface area contributed by atoms with Crippen LogP contribution in [0.4, 0.5) is 0 Å². The standard InChI is InChI=1S/C9H14N2O3S/c1-2-9(7-10)15(13,14)11-5-3-8(12)4-6-11/h9H,2-6H2,1H3. The molecule has 5 nitrogen and oxygen atoms in total. The maximum atomic E-state index is 11.8. The van der Waals surface area contributed by atoms with Gasteiger partial charge in [0.1, 0.15) is 5.78 Å². The van der Waals surface area contributed by atoms with Gasteiger partial charge < -0.3 is 0 Å². The molecule has 0 N–H and O–H groups in total. The Hall–Kier alpha value is -0.930. The van der Waals surface area contributed by atoms with Crippen molar-refractivity contribution in [3.05, 3.63) is 0 Å². The Morgan fingerprint density at radius 2 is 2.00 bits per heavy atom. The van der Waals surface area contributed by atoms with E-state index in [0.717, 1.165) is 0 Å². The second kappa shape index (κ2) is 4.73. The molecule has 0 aliphatic carbocycles. The third-order valence-electron chi connectivity index (χ3n) is 2.51. The van der Waals surface area contributed by atoms with Gasteiger partial charge in [0.15, 0.2) is 5.25 Å². The van der Waals surface area contributed by atoms with E-state index in [2.05, 4.69) is 0 Å². The summed E-state index contributed by atoms with van der Waals surface area (Å²) in [7, 11) is -3.53. The minimum Gasteiger partial charge on any atom is -0.300 e. The summed E-state index contributed by atoms with van der Waals surface area (Å²) in [5.41, 5.74) is 0. The minimum absolute atomic E-state index is 0.0893. The van der Waals surface area contributed by atoms with Crippen molar-refractivity contribution in [1.82, 2.24) is 4.31 Å². The SMILES string of the molecule is CCC(C#N)S(=O)(=O)N1CCC(=O)CC1. The van der Waals surface area contributed by atoms with E-state index in [9.17, 15) is 13.2 Å². The lowest BCUT2D eigenvalue weighted by molar-refractivity contribution is -0.120. The molecular weight excluding hydrogens is 216 g/mol. The normalized spacial score (nSPS) is 20.9. The van der Waals surface area contributed by atoms with E-state index in [1.807, 2.05) is 0 Å². The maximum Gasteiger partial charge on any atom is 0.230 e. The zero-order valence-corrected chi connectivity index (χ0v) is 9.46. The molecule has 1 heterocycles. The number of carbonyl (C=O) groups excluding carboxylic acids is 1. The largest absolute Gasteiger partial charge is 0.300 e. The van der Waals surface area contributed by atoms with Gasteiger partial charge in [0.05, 0.1) is 6.07 Å². The summed E-state index contributed by atoms with van der Waals surface area (Å²) in [6.45, 7) is 2.11. The van der Waals surface area contributed by atoms with Crippen molar-refractivity contribution in [2.75, 3.05) is 13.1 Å². The van der Waals surface area contributed by atoms with E-state index in [1.54, 1.807) is 13.0 Å². The number of hydrogen-bond donors (Lipinski definition) is 0. The van der Waals surface area contributed by atoms with Gasteiger partial charge in [-0.25, -0.2) is 8.42 Å². The summed E-state index contributed by atoms with van der Waals surface area (Å²) in [6.07, 6.45) is 0.811. The topological polar surface area (TPSA) is 78.2 Å². The van der Waals surface area contributed by atoms with Gasteiger partial charge in [0.25, 0.3) is 0 Å². The summed E-state index contributed by atoms with van der Waals surface area (Å²) < 4.78 is 24.9. The van der Waals surface area contributed by atoms with E-state index < -0.39 is 15.3 Å². The average molecular weight is 230 g/mol. The summed E-state index contributed by atoms with van der Waals surface area (Å²) in [4.78, 5) is 11.0. The summed E-state index contributed by atoms with van der Waals surface area (Å²) >= 11 is 0. The van der Waals surface area contributed by atoms with Gasteiger partial charge in [-0.15, -0.1) is 0 Å². The van der Waals surface area contributed by atoms with Crippen LogP contribution in [-0.2, 0) is 14.8 Å². The lowest BCUT2D eigenvalue weighted by Crippen LogP contribution is -2.43. The van der Waals surface area contributed by atoms with Crippen LogP contribution in [0.25, 0.3) is 0 Å². The highest BCUT2D eigenvalue weighted by atomic mass is 32.2. The van der Waals surface area contributed by atoms with E-state index in [-0.39, 0.29) is 38.1 Å². The van der Waals surface area contributed by atoms with Crippen LogP contribution in [-0.4, -0.2) is 36.8 Å². The zero-order valence-electron chi connectivity index (χ0n) is 8.64. The van der Waals surface area contributed by atoms with Crippen molar-refractivity contribution >= 4 is 15.8 Å². The summed E-state index contributed by atoms with van der Waals surface area (Å²) in [5.74, 6) is 0.0893. The third-order valence-corrected chi connectivity index (χ3v) is 4.76. The molecule has 1 fully saturated rings. The van der Waals surface area contributed by atoms with Gasteiger partial charge in [-0.2, -0.15) is 9.57 Å². The number of carbonyl (C=O) groups is 1. The molecule has 0 spiro atoms. The predicted molar refractivity (Wildman–Crippen MR) is 54.4 cm³/mol. The molecule has 0 aromatic carbocycles. The Balaban J connectivity index is 2.79. The second-order valence-electron chi connectivity index (χ2n) is 3.51. The van der Waals surface area contributed by atoms with Crippen LogP contribution in [0.5, 0.6) is 0 Å². The monoisotopic (exact) mass is 230 g/mol. The number of hydrogen-bond acceptors (Lipinski definition) is 4. The van der Waals surface area contributed by atoms with Gasteiger partial charge in [-0.1, -0.05) is 6.92 Å². The maximum absolute atomic E-state index is 11.8. The fraction of sp³-hybridized carbons (Fsp3) is 0.778. The third kappa shape index (κ3) is 2.55. The Morgan fingerprint density at radius 3 is 2.40 bits per heavy atom. The van der Waals surface area contributed by atoms with Crippen molar-refractivity contribution < 1.29 is 13.2 Å². The molecule has 1 unspecified atom stereocenters. The van der Waals surface area contributed by atoms with Crippen LogP contribution in [0.1, 0.15) is 26.2 Å². The van der Waals surface area contributed by atoms with Crippen molar-refractivity contribution in [3.8, 4) is 6.07 Å². The first-order chi connectivity index (χ1) is 7.02. The van der Waals surface area contributed by atoms with E-state index >= 15 is 0 Å². The van der Waals surface area contributed by atoms with Gasteiger partial charge in [-0.05, 0) is 6.42 Å². The number of ketones is 1. The first kappa shape index (κ1) is 12.1. The van der Waals surface area contributed by atoms with Crippen molar-refractivity contribution in [1.29, 1.82) is 5.26 Å². The molecule has 0 saturated carbocycles. The first-order valence-electron chi connectivity index (χ1n) is 4.92. The average Bonchev–Trinajstić information content (AvgIpc) is 2.19. The zero-order chi connectivity index (χ0) is 11.5. The van der Waals surface area contributed by atoms with Crippen molar-refractivity contribution in [2.24, 2.45) is 0 Å². The van der Waals surface area contributed by atoms with Crippen LogP contribution in [0.2, 0.25) is 0 Å². The molecule has 1 atom stereocenters. The Morgan fingerprint density at radius 1 is 1.47 bits per heavy atom. The lowest BCUT2D eigenvalue weighted by Gasteiger charge is -2.26. The van der Waals surface area contributed by atoms with E-state index in [4.69, 9.17) is 5.26 Å². The molecule has 0 bridgehead atoms. The number of sulfonamides is 1. The Labute approximate surface area is 89.7 Å². The van der Waals surface area contributed by atoms with Crippen LogP contribution < -0.4 is 0 Å². The molecule has 0 radical (unpaired) electrons. The minimum atomic E-state index is -3.53. The van der Waals surface area contributed by atoms with Gasteiger partial charge in [0.2, 0.25) is 10.0 Å². The molecule has 84 valence electrons. The van der Waals surface area contributed by atoms with Crippen molar-refractivity contribution in [2.45, 2.75) is 31.4 Å². The number of Topliss-reactive ketones (excluding diaryl/α,β-unsaturated/α-hetero) is 1. The number of piperidine rings is 1. The predicted octanol–water partition coefficient (Wildman–Crippen LogP) is 0.283. The van der Waals surface area contributed by atoms with Crippen LogP contribution in [0, 0.1) is 11.3 Å². The molecule has 6 heteroatoms. The van der Waals surface area contributed by atoms with Gasteiger partial charge in [-0.3, -0.25) is 4.79 Å². The molecule has 1 saturated heterocycles. The van der Waals surface area contributed by atoms with Crippen molar-refractivity contribution in [3.63, 3.8) is 0 Å². The second-order valence-corrected chi connectivity index (χ2v) is 5.62. The van der Waals surface area contributed by atoms with Gasteiger partial charge >= 0.3 is 0 Å². The van der Waals surface area contributed by atoms with E-state index in [0.29, 0.717) is 0 Å². The highest BCUT2D eigenvalue weighted by Gasteiger charge is 2.33. The molecule has 0 amide bonds. The number of nitriles is 1. The molecule has 1 rings (SSSR count).